The number of carbonyl (C=O) groups excluding carboxylic acids is 1. The molecule has 2 aromatic rings. The Labute approximate surface area is 136 Å². The highest BCUT2D eigenvalue weighted by Gasteiger charge is 2.30. The topological polar surface area (TPSA) is 64.2 Å². The van der Waals surface area contributed by atoms with Gasteiger partial charge in [-0.15, -0.1) is 0 Å². The van der Waals surface area contributed by atoms with Crippen molar-refractivity contribution >= 4 is 5.91 Å². The van der Waals surface area contributed by atoms with Crippen LogP contribution in [-0.2, 0) is 5.54 Å². The first-order valence-electron chi connectivity index (χ1n) is 8.10. The molecule has 3 rings (SSSR count). The molecule has 0 saturated carbocycles. The van der Waals surface area contributed by atoms with Crippen LogP contribution < -0.4 is 0 Å². The van der Waals surface area contributed by atoms with E-state index in [1.807, 2.05) is 17.4 Å². The van der Waals surface area contributed by atoms with E-state index in [9.17, 15) is 4.79 Å². The van der Waals surface area contributed by atoms with E-state index < -0.39 is 0 Å². The summed E-state index contributed by atoms with van der Waals surface area (Å²) in [7, 11) is 0. The van der Waals surface area contributed by atoms with E-state index in [0.717, 1.165) is 19.4 Å². The largest absolute Gasteiger partial charge is 0.438 e. The minimum absolute atomic E-state index is 0.0161. The zero-order chi connectivity index (χ0) is 16.6. The molecule has 1 fully saturated rings. The van der Waals surface area contributed by atoms with Crippen LogP contribution in [-0.4, -0.2) is 38.4 Å². The number of nitrogens with zero attached hydrogens (tertiary/aromatic N) is 4. The van der Waals surface area contributed by atoms with Gasteiger partial charge < -0.3 is 13.9 Å². The van der Waals surface area contributed by atoms with Gasteiger partial charge in [-0.05, 0) is 40.5 Å². The lowest BCUT2D eigenvalue weighted by molar-refractivity contribution is 0.0662. The van der Waals surface area contributed by atoms with Crippen molar-refractivity contribution in [2.24, 2.45) is 0 Å². The van der Waals surface area contributed by atoms with Gasteiger partial charge in [0.05, 0.1) is 12.5 Å². The first-order valence-corrected chi connectivity index (χ1v) is 8.10. The van der Waals surface area contributed by atoms with Gasteiger partial charge in [0.1, 0.15) is 5.76 Å². The zero-order valence-corrected chi connectivity index (χ0v) is 14.2. The SMILES string of the molecule is Cc1cnc(C(=O)N2CCCC(c3cncn3C(C)(C)C)C2)o1. The van der Waals surface area contributed by atoms with Crippen molar-refractivity contribution in [2.45, 2.75) is 52.0 Å². The van der Waals surface area contributed by atoms with Gasteiger partial charge in [-0.2, -0.15) is 0 Å². The maximum atomic E-state index is 12.6. The molecule has 1 saturated heterocycles. The van der Waals surface area contributed by atoms with E-state index in [0.29, 0.717) is 18.2 Å². The van der Waals surface area contributed by atoms with E-state index in [1.54, 1.807) is 13.1 Å². The van der Waals surface area contributed by atoms with Crippen LogP contribution in [0.15, 0.2) is 23.1 Å². The number of rotatable bonds is 2. The standard InChI is InChI=1S/C17H24N4O2/c1-12-8-19-15(23-12)16(22)20-7-5-6-13(10-20)14-9-18-11-21(14)17(2,3)4/h8-9,11,13H,5-7,10H2,1-4H3. The van der Waals surface area contributed by atoms with Gasteiger partial charge in [0.15, 0.2) is 0 Å². The molecule has 1 aliphatic rings. The van der Waals surface area contributed by atoms with Crippen LogP contribution in [0.2, 0.25) is 0 Å². The van der Waals surface area contributed by atoms with Gasteiger partial charge in [-0.1, -0.05) is 0 Å². The normalized spacial score (nSPS) is 19.1. The molecule has 124 valence electrons. The molecule has 1 atom stereocenters. The fraction of sp³-hybridized carbons (Fsp3) is 0.588. The molecule has 0 bridgehead atoms. The van der Waals surface area contributed by atoms with Crippen molar-refractivity contribution in [1.29, 1.82) is 0 Å². The molecule has 1 aliphatic heterocycles. The third-order valence-electron chi connectivity index (χ3n) is 4.32. The molecular formula is C17H24N4O2. The summed E-state index contributed by atoms with van der Waals surface area (Å²) < 4.78 is 7.59. The Kier molecular flexibility index (Phi) is 4.00. The Bertz CT molecular complexity index is 696. The Morgan fingerprint density at radius 1 is 1.35 bits per heavy atom. The minimum atomic E-state index is -0.121. The molecule has 0 N–H and O–H groups in total. The summed E-state index contributed by atoms with van der Waals surface area (Å²) in [6.07, 6.45) is 7.44. The second kappa shape index (κ2) is 5.83. The molecule has 1 amide bonds. The van der Waals surface area contributed by atoms with Crippen LogP contribution in [0.5, 0.6) is 0 Å². The highest BCUT2D eigenvalue weighted by molar-refractivity contribution is 5.89. The van der Waals surface area contributed by atoms with Crippen LogP contribution in [0, 0.1) is 6.92 Å². The van der Waals surface area contributed by atoms with Crippen molar-refractivity contribution < 1.29 is 9.21 Å². The Morgan fingerprint density at radius 2 is 2.13 bits per heavy atom. The third kappa shape index (κ3) is 3.16. The van der Waals surface area contributed by atoms with Crippen molar-refractivity contribution in [3.63, 3.8) is 0 Å². The minimum Gasteiger partial charge on any atom is -0.438 e. The quantitative estimate of drug-likeness (QED) is 0.854. The summed E-state index contributed by atoms with van der Waals surface area (Å²) in [5.74, 6) is 1.02. The molecule has 6 nitrogen and oxygen atoms in total. The molecule has 0 aliphatic carbocycles. The van der Waals surface area contributed by atoms with E-state index in [-0.39, 0.29) is 17.3 Å². The second-order valence-electron chi connectivity index (χ2n) is 7.23. The van der Waals surface area contributed by atoms with Gasteiger partial charge >= 0.3 is 5.91 Å². The summed E-state index contributed by atoms with van der Waals surface area (Å²) in [5, 5.41) is 0. The number of aromatic nitrogens is 3. The fourth-order valence-electron chi connectivity index (χ4n) is 3.16. The smallest absolute Gasteiger partial charge is 0.309 e. The highest BCUT2D eigenvalue weighted by Crippen LogP contribution is 2.30. The Balaban J connectivity index is 1.79. The molecular weight excluding hydrogens is 292 g/mol. The summed E-state index contributed by atoms with van der Waals surface area (Å²) in [6, 6.07) is 0. The fourth-order valence-corrected chi connectivity index (χ4v) is 3.16. The average molecular weight is 316 g/mol. The van der Waals surface area contributed by atoms with Crippen LogP contribution in [0.3, 0.4) is 0 Å². The molecule has 1 unspecified atom stereocenters. The number of oxazole rings is 1. The molecule has 0 spiro atoms. The number of likely N-dealkylation sites (tertiary alicyclic amines) is 1. The van der Waals surface area contributed by atoms with Gasteiger partial charge in [0, 0.05) is 36.4 Å². The van der Waals surface area contributed by atoms with Crippen LogP contribution in [0.25, 0.3) is 0 Å². The van der Waals surface area contributed by atoms with Crippen LogP contribution >= 0.6 is 0 Å². The molecule has 2 aromatic heterocycles. The maximum Gasteiger partial charge on any atom is 0.309 e. The summed E-state index contributed by atoms with van der Waals surface area (Å²) >= 11 is 0. The lowest BCUT2D eigenvalue weighted by atomic mass is 9.93. The summed E-state index contributed by atoms with van der Waals surface area (Å²) in [5.41, 5.74) is 1.18. The van der Waals surface area contributed by atoms with E-state index in [2.05, 4.69) is 35.3 Å². The first-order chi connectivity index (χ1) is 10.9. The summed E-state index contributed by atoms with van der Waals surface area (Å²) in [4.78, 5) is 22.8. The number of imidazole rings is 1. The van der Waals surface area contributed by atoms with Gasteiger partial charge in [-0.3, -0.25) is 4.79 Å². The molecule has 6 heteroatoms. The van der Waals surface area contributed by atoms with Crippen molar-refractivity contribution in [1.82, 2.24) is 19.4 Å². The van der Waals surface area contributed by atoms with Gasteiger partial charge in [0.25, 0.3) is 5.89 Å². The predicted octanol–water partition coefficient (Wildman–Crippen LogP) is 2.95. The number of amides is 1. The van der Waals surface area contributed by atoms with Gasteiger partial charge in [0.2, 0.25) is 0 Å². The Morgan fingerprint density at radius 3 is 2.78 bits per heavy atom. The summed E-state index contributed by atoms with van der Waals surface area (Å²) in [6.45, 7) is 9.73. The van der Waals surface area contributed by atoms with E-state index in [4.69, 9.17) is 4.42 Å². The van der Waals surface area contributed by atoms with Crippen LogP contribution in [0.1, 0.15) is 61.7 Å². The van der Waals surface area contributed by atoms with Gasteiger partial charge in [-0.25, -0.2) is 9.97 Å². The molecule has 3 heterocycles. The number of piperidine rings is 1. The van der Waals surface area contributed by atoms with Crippen LogP contribution in [0.4, 0.5) is 0 Å². The van der Waals surface area contributed by atoms with Crippen molar-refractivity contribution in [3.8, 4) is 0 Å². The third-order valence-corrected chi connectivity index (χ3v) is 4.32. The molecule has 0 aromatic carbocycles. The number of hydrogen-bond donors (Lipinski definition) is 0. The Hall–Kier alpha value is -2.11. The predicted molar refractivity (Wildman–Crippen MR) is 86.3 cm³/mol. The average Bonchev–Trinajstić information content (AvgIpc) is 3.15. The zero-order valence-electron chi connectivity index (χ0n) is 14.2. The number of aryl methyl sites for hydroxylation is 1. The lowest BCUT2D eigenvalue weighted by Gasteiger charge is -2.34. The lowest BCUT2D eigenvalue weighted by Crippen LogP contribution is -2.40. The second-order valence-corrected chi connectivity index (χ2v) is 7.23. The first kappa shape index (κ1) is 15.8. The molecule has 23 heavy (non-hydrogen) atoms. The number of hydrogen-bond acceptors (Lipinski definition) is 4. The van der Waals surface area contributed by atoms with Crippen molar-refractivity contribution in [2.75, 3.05) is 13.1 Å². The van der Waals surface area contributed by atoms with E-state index in [1.165, 1.54) is 5.69 Å². The van der Waals surface area contributed by atoms with Crippen molar-refractivity contribution in [3.05, 3.63) is 36.1 Å². The highest BCUT2D eigenvalue weighted by atomic mass is 16.4. The monoisotopic (exact) mass is 316 g/mol. The van der Waals surface area contributed by atoms with E-state index >= 15 is 0 Å². The number of carbonyl (C=O) groups is 1. The molecule has 0 radical (unpaired) electrons. The maximum absolute atomic E-state index is 12.6.